The average Bonchev–Trinajstić information content (AvgIpc) is 2.86. The first kappa shape index (κ1) is 15.8. The van der Waals surface area contributed by atoms with Crippen LogP contribution in [0.5, 0.6) is 0 Å². The first-order valence-electron chi connectivity index (χ1n) is 6.81. The van der Waals surface area contributed by atoms with Crippen LogP contribution in [0.4, 0.5) is 13.2 Å². The molecule has 7 heteroatoms. The smallest absolute Gasteiger partial charge is 0.338 e. The minimum absolute atomic E-state index is 0.117. The van der Waals surface area contributed by atoms with Crippen molar-refractivity contribution in [1.29, 1.82) is 0 Å². The minimum Gasteiger partial charge on any atom is -0.338 e. The average molecular weight is 301 g/mol. The lowest BCUT2D eigenvalue weighted by atomic mass is 10.1. The molecule has 0 aromatic carbocycles. The lowest BCUT2D eigenvalue weighted by Gasteiger charge is -2.18. The van der Waals surface area contributed by atoms with Crippen molar-refractivity contribution in [3.63, 3.8) is 0 Å². The summed E-state index contributed by atoms with van der Waals surface area (Å²) in [4.78, 5) is 17.6. The van der Waals surface area contributed by atoms with Crippen LogP contribution in [0.1, 0.15) is 28.2 Å². The van der Waals surface area contributed by atoms with Crippen molar-refractivity contribution in [3.05, 3.63) is 29.1 Å². The van der Waals surface area contributed by atoms with Crippen molar-refractivity contribution in [2.45, 2.75) is 19.5 Å². The lowest BCUT2D eigenvalue weighted by molar-refractivity contribution is -0.141. The van der Waals surface area contributed by atoms with Crippen LogP contribution in [0.15, 0.2) is 12.1 Å². The molecule has 1 fully saturated rings. The quantitative estimate of drug-likeness (QED) is 0.930. The monoisotopic (exact) mass is 301 g/mol. The summed E-state index contributed by atoms with van der Waals surface area (Å²) in [7, 11) is 1.86. The maximum Gasteiger partial charge on any atom is 0.433 e. The topological polar surface area (TPSA) is 45.2 Å². The molecule has 1 atom stereocenters. The summed E-state index contributed by atoms with van der Waals surface area (Å²) in [6.07, 6.45) is -3.59. The van der Waals surface area contributed by atoms with E-state index in [0.29, 0.717) is 19.0 Å². The zero-order valence-corrected chi connectivity index (χ0v) is 12.0. The molecule has 1 aliphatic heterocycles. The number of hydrogen-bond donors (Lipinski definition) is 1. The second-order valence-electron chi connectivity index (χ2n) is 5.29. The Bertz CT molecular complexity index is 531. The molecule has 1 amide bonds. The largest absolute Gasteiger partial charge is 0.433 e. The fourth-order valence-corrected chi connectivity index (χ4v) is 2.59. The van der Waals surface area contributed by atoms with E-state index in [9.17, 15) is 18.0 Å². The Hall–Kier alpha value is -1.63. The molecule has 0 bridgehead atoms. The molecular formula is C14H18F3N3O. The van der Waals surface area contributed by atoms with Crippen molar-refractivity contribution in [2.75, 3.05) is 26.7 Å². The van der Waals surface area contributed by atoms with Gasteiger partial charge in [0.1, 0.15) is 5.69 Å². The summed E-state index contributed by atoms with van der Waals surface area (Å²) in [5.74, 6) is 0.147. The van der Waals surface area contributed by atoms with E-state index < -0.39 is 11.9 Å². The summed E-state index contributed by atoms with van der Waals surface area (Å²) in [6, 6.07) is 2.08. The number of pyridine rings is 1. The summed E-state index contributed by atoms with van der Waals surface area (Å²) in [5.41, 5.74) is -0.606. The van der Waals surface area contributed by atoms with Gasteiger partial charge < -0.3 is 10.2 Å². The Morgan fingerprint density at radius 1 is 1.48 bits per heavy atom. The molecule has 2 rings (SSSR count). The third kappa shape index (κ3) is 3.53. The SMILES string of the molecule is CNC[C@@H]1CCN(C(=O)c2ccc(C(F)(F)F)nc2C)C1. The number of likely N-dealkylation sites (tertiary alicyclic amines) is 1. The van der Waals surface area contributed by atoms with Gasteiger partial charge in [0.15, 0.2) is 0 Å². The van der Waals surface area contributed by atoms with Crippen molar-refractivity contribution in [2.24, 2.45) is 5.92 Å². The van der Waals surface area contributed by atoms with E-state index in [-0.39, 0.29) is 17.2 Å². The third-order valence-electron chi connectivity index (χ3n) is 3.67. The van der Waals surface area contributed by atoms with Crippen LogP contribution in [-0.2, 0) is 6.18 Å². The van der Waals surface area contributed by atoms with Crippen LogP contribution in [0, 0.1) is 12.8 Å². The predicted molar refractivity (Wildman–Crippen MR) is 71.9 cm³/mol. The van der Waals surface area contributed by atoms with E-state index in [4.69, 9.17) is 0 Å². The van der Waals surface area contributed by atoms with Crippen molar-refractivity contribution >= 4 is 5.91 Å². The molecule has 116 valence electrons. The van der Waals surface area contributed by atoms with Crippen LogP contribution in [0.25, 0.3) is 0 Å². The molecule has 0 aliphatic carbocycles. The summed E-state index contributed by atoms with van der Waals surface area (Å²) < 4.78 is 37.7. The summed E-state index contributed by atoms with van der Waals surface area (Å²) in [6.45, 7) is 3.52. The van der Waals surface area contributed by atoms with Crippen molar-refractivity contribution < 1.29 is 18.0 Å². The highest BCUT2D eigenvalue weighted by atomic mass is 19.4. The number of hydrogen-bond acceptors (Lipinski definition) is 3. The van der Waals surface area contributed by atoms with Gasteiger partial charge in [0, 0.05) is 13.1 Å². The van der Waals surface area contributed by atoms with E-state index in [0.717, 1.165) is 19.0 Å². The Labute approximate surface area is 121 Å². The van der Waals surface area contributed by atoms with Crippen LogP contribution >= 0.6 is 0 Å². The second-order valence-corrected chi connectivity index (χ2v) is 5.29. The highest BCUT2D eigenvalue weighted by Crippen LogP contribution is 2.28. The Balaban J connectivity index is 2.14. The zero-order chi connectivity index (χ0) is 15.6. The molecule has 2 heterocycles. The van der Waals surface area contributed by atoms with E-state index >= 15 is 0 Å². The highest BCUT2D eigenvalue weighted by molar-refractivity contribution is 5.95. The zero-order valence-electron chi connectivity index (χ0n) is 12.0. The molecule has 0 radical (unpaired) electrons. The Morgan fingerprint density at radius 3 is 2.76 bits per heavy atom. The molecule has 0 saturated carbocycles. The Kier molecular flexibility index (Phi) is 4.51. The molecule has 1 N–H and O–H groups in total. The van der Waals surface area contributed by atoms with Gasteiger partial charge in [-0.1, -0.05) is 0 Å². The number of carbonyl (C=O) groups excluding carboxylic acids is 1. The van der Waals surface area contributed by atoms with Gasteiger partial charge in [-0.05, 0) is 45.0 Å². The van der Waals surface area contributed by atoms with Crippen LogP contribution in [0.3, 0.4) is 0 Å². The molecule has 1 aliphatic rings. The first-order valence-corrected chi connectivity index (χ1v) is 6.81. The number of carbonyl (C=O) groups is 1. The van der Waals surface area contributed by atoms with Gasteiger partial charge in [0.2, 0.25) is 0 Å². The molecule has 1 saturated heterocycles. The van der Waals surface area contributed by atoms with Crippen LogP contribution < -0.4 is 5.32 Å². The second kappa shape index (κ2) is 6.01. The number of halogens is 3. The molecule has 0 spiro atoms. The Morgan fingerprint density at radius 2 is 2.19 bits per heavy atom. The van der Waals surface area contributed by atoms with Gasteiger partial charge in [-0.15, -0.1) is 0 Å². The van der Waals surface area contributed by atoms with Gasteiger partial charge in [0.25, 0.3) is 5.91 Å². The van der Waals surface area contributed by atoms with Crippen LogP contribution in [-0.4, -0.2) is 42.5 Å². The fraction of sp³-hybridized carbons (Fsp3) is 0.571. The normalized spacial score (nSPS) is 19.1. The fourth-order valence-electron chi connectivity index (χ4n) is 2.59. The van der Waals surface area contributed by atoms with Gasteiger partial charge in [0.05, 0.1) is 11.3 Å². The number of aryl methyl sites for hydroxylation is 1. The number of nitrogens with one attached hydrogen (secondary N) is 1. The molecule has 21 heavy (non-hydrogen) atoms. The summed E-state index contributed by atoms with van der Waals surface area (Å²) in [5, 5.41) is 3.07. The van der Waals surface area contributed by atoms with Gasteiger partial charge in [-0.2, -0.15) is 13.2 Å². The number of aromatic nitrogens is 1. The number of nitrogens with zero attached hydrogens (tertiary/aromatic N) is 2. The number of amides is 1. The number of rotatable bonds is 3. The van der Waals surface area contributed by atoms with E-state index in [1.807, 2.05) is 7.05 Å². The maximum absolute atomic E-state index is 12.6. The molecule has 1 aromatic rings. The molecule has 0 unspecified atom stereocenters. The van der Waals surface area contributed by atoms with E-state index in [1.54, 1.807) is 4.90 Å². The minimum atomic E-state index is -4.49. The van der Waals surface area contributed by atoms with E-state index in [2.05, 4.69) is 10.3 Å². The standard InChI is InChI=1S/C14H18F3N3O/c1-9-11(3-4-12(19-9)14(15,16)17)13(21)20-6-5-10(8-20)7-18-2/h3-4,10,18H,5-8H2,1-2H3/t10-/m0/s1. The summed E-state index contributed by atoms with van der Waals surface area (Å²) >= 11 is 0. The van der Waals surface area contributed by atoms with E-state index in [1.165, 1.54) is 13.0 Å². The maximum atomic E-state index is 12.6. The molecule has 1 aromatic heterocycles. The third-order valence-corrected chi connectivity index (χ3v) is 3.67. The first-order chi connectivity index (χ1) is 9.82. The highest BCUT2D eigenvalue weighted by Gasteiger charge is 2.34. The van der Waals surface area contributed by atoms with Crippen molar-refractivity contribution in [3.8, 4) is 0 Å². The predicted octanol–water partition coefficient (Wildman–Crippen LogP) is 2.09. The van der Waals surface area contributed by atoms with Gasteiger partial charge in [-0.3, -0.25) is 4.79 Å². The van der Waals surface area contributed by atoms with Gasteiger partial charge in [-0.25, -0.2) is 4.98 Å². The molecule has 4 nitrogen and oxygen atoms in total. The van der Waals surface area contributed by atoms with Crippen LogP contribution in [0.2, 0.25) is 0 Å². The van der Waals surface area contributed by atoms with Crippen molar-refractivity contribution in [1.82, 2.24) is 15.2 Å². The van der Waals surface area contributed by atoms with Gasteiger partial charge >= 0.3 is 6.18 Å². The number of alkyl halides is 3. The molecular weight excluding hydrogens is 283 g/mol. The lowest BCUT2D eigenvalue weighted by Crippen LogP contribution is -2.31.